The van der Waals surface area contributed by atoms with Crippen LogP contribution in [-0.4, -0.2) is 36.1 Å². The van der Waals surface area contributed by atoms with E-state index in [9.17, 15) is 14.4 Å². The van der Waals surface area contributed by atoms with Crippen molar-refractivity contribution in [2.75, 3.05) is 13.2 Å². The number of benzene rings is 1. The minimum Gasteiger partial charge on any atom is -0.370 e. The number of carbonyl (C=O) groups excluding carboxylic acids is 3. The summed E-state index contributed by atoms with van der Waals surface area (Å²) < 4.78 is 4.98. The highest BCUT2D eigenvalue weighted by molar-refractivity contribution is 6.20. The van der Waals surface area contributed by atoms with Gasteiger partial charge in [0.1, 0.15) is 6.61 Å². The number of ether oxygens (including phenoxy) is 1. The van der Waals surface area contributed by atoms with Crippen LogP contribution in [0.25, 0.3) is 0 Å². The molecule has 19 heavy (non-hydrogen) atoms. The normalized spacial score (nSPS) is 13.6. The molecule has 0 atom stereocenters. The molecule has 6 nitrogen and oxygen atoms in total. The first-order valence-electron chi connectivity index (χ1n) is 5.91. The van der Waals surface area contributed by atoms with Crippen molar-refractivity contribution in [1.82, 2.24) is 5.06 Å². The van der Waals surface area contributed by atoms with Gasteiger partial charge < -0.3 is 9.57 Å². The second kappa shape index (κ2) is 5.62. The highest BCUT2D eigenvalue weighted by Crippen LogP contribution is 2.22. The summed E-state index contributed by atoms with van der Waals surface area (Å²) in [6.45, 7) is 2.02. The molecule has 2 rings (SSSR count). The summed E-state index contributed by atoms with van der Waals surface area (Å²) in [5, 5.41) is 0.475. The van der Waals surface area contributed by atoms with Crippen LogP contribution in [0.4, 0.5) is 0 Å². The average Bonchev–Trinajstić information content (AvgIpc) is 2.65. The van der Waals surface area contributed by atoms with E-state index in [-0.39, 0.29) is 17.7 Å². The van der Waals surface area contributed by atoms with Gasteiger partial charge in [-0.05, 0) is 18.6 Å². The van der Waals surface area contributed by atoms with Crippen LogP contribution >= 0.6 is 0 Å². The summed E-state index contributed by atoms with van der Waals surface area (Å²) in [5.41, 5.74) is 0.463. The molecule has 1 aromatic carbocycles. The number of hydrogen-bond acceptors (Lipinski definition) is 5. The van der Waals surface area contributed by atoms with Gasteiger partial charge in [0, 0.05) is 6.61 Å². The van der Waals surface area contributed by atoms with Crippen LogP contribution < -0.4 is 0 Å². The van der Waals surface area contributed by atoms with Crippen LogP contribution in [0, 0.1) is 0 Å². The van der Waals surface area contributed by atoms with Crippen LogP contribution in [0.5, 0.6) is 0 Å². The summed E-state index contributed by atoms with van der Waals surface area (Å²) in [5.74, 6) is -2.04. The van der Waals surface area contributed by atoms with E-state index in [0.717, 1.165) is 6.42 Å². The third-order valence-corrected chi connectivity index (χ3v) is 2.52. The Morgan fingerprint density at radius 2 is 1.74 bits per heavy atom. The Morgan fingerprint density at radius 1 is 1.16 bits per heavy atom. The van der Waals surface area contributed by atoms with Gasteiger partial charge in [0.2, 0.25) is 0 Å². The number of rotatable bonds is 5. The molecule has 100 valence electrons. The van der Waals surface area contributed by atoms with Crippen molar-refractivity contribution in [3.8, 4) is 0 Å². The lowest BCUT2D eigenvalue weighted by molar-refractivity contribution is -0.173. The number of carbonyl (C=O) groups is 3. The molecule has 6 heteroatoms. The number of imide groups is 1. The number of amides is 2. The Morgan fingerprint density at radius 3 is 2.26 bits per heavy atom. The largest absolute Gasteiger partial charge is 0.370 e. The first-order valence-corrected chi connectivity index (χ1v) is 5.91. The van der Waals surface area contributed by atoms with Gasteiger partial charge in [0.05, 0.1) is 11.1 Å². The Balaban J connectivity index is 2.02. The molecule has 0 aliphatic carbocycles. The molecule has 0 radical (unpaired) electrons. The predicted octanol–water partition coefficient (Wildman–Crippen LogP) is 1.17. The minimum absolute atomic E-state index is 0.231. The number of fused-ring (bicyclic) bond motifs is 1. The predicted molar refractivity (Wildman–Crippen MR) is 64.1 cm³/mol. The fraction of sp³-hybridized carbons (Fsp3) is 0.308. The molecule has 0 N–H and O–H groups in total. The van der Waals surface area contributed by atoms with Gasteiger partial charge >= 0.3 is 5.97 Å². The smallest absolute Gasteiger partial charge is 0.358 e. The zero-order valence-electron chi connectivity index (χ0n) is 10.4. The third-order valence-electron chi connectivity index (χ3n) is 2.52. The fourth-order valence-corrected chi connectivity index (χ4v) is 1.68. The Kier molecular flexibility index (Phi) is 3.91. The van der Waals surface area contributed by atoms with E-state index in [2.05, 4.69) is 0 Å². The Hall–Kier alpha value is -2.21. The highest BCUT2D eigenvalue weighted by Gasteiger charge is 2.38. The maximum atomic E-state index is 11.9. The molecule has 0 aromatic heterocycles. The zero-order valence-corrected chi connectivity index (χ0v) is 10.4. The fourth-order valence-electron chi connectivity index (χ4n) is 1.68. The van der Waals surface area contributed by atoms with Gasteiger partial charge in [-0.25, -0.2) is 4.79 Å². The molecule has 0 saturated carbocycles. The van der Waals surface area contributed by atoms with Gasteiger partial charge in [-0.15, -0.1) is 0 Å². The van der Waals surface area contributed by atoms with E-state index in [1.807, 2.05) is 6.92 Å². The van der Waals surface area contributed by atoms with Crippen molar-refractivity contribution in [3.63, 3.8) is 0 Å². The van der Waals surface area contributed by atoms with E-state index in [1.54, 1.807) is 12.1 Å². The minimum atomic E-state index is -0.775. The summed E-state index contributed by atoms with van der Waals surface area (Å²) in [6.07, 6.45) is 0.764. The summed E-state index contributed by atoms with van der Waals surface area (Å²) in [7, 11) is 0. The monoisotopic (exact) mass is 263 g/mol. The SMILES string of the molecule is CCCOCC(=O)ON1C(=O)c2ccccc2C1=O. The zero-order chi connectivity index (χ0) is 13.8. The van der Waals surface area contributed by atoms with Crippen LogP contribution in [-0.2, 0) is 14.4 Å². The molecule has 1 aliphatic heterocycles. The van der Waals surface area contributed by atoms with Gasteiger partial charge in [-0.1, -0.05) is 24.1 Å². The van der Waals surface area contributed by atoms with E-state index in [4.69, 9.17) is 9.57 Å². The van der Waals surface area contributed by atoms with Gasteiger partial charge in [0.25, 0.3) is 11.8 Å². The van der Waals surface area contributed by atoms with Crippen LogP contribution in [0.15, 0.2) is 24.3 Å². The van der Waals surface area contributed by atoms with E-state index < -0.39 is 17.8 Å². The molecule has 1 heterocycles. The first-order chi connectivity index (χ1) is 9.15. The second-order valence-corrected chi connectivity index (χ2v) is 3.97. The molecule has 0 saturated heterocycles. The first kappa shape index (κ1) is 13.2. The lowest BCUT2D eigenvalue weighted by Crippen LogP contribution is -2.34. The van der Waals surface area contributed by atoms with E-state index in [1.165, 1.54) is 12.1 Å². The molecule has 0 spiro atoms. The summed E-state index contributed by atoms with van der Waals surface area (Å²) in [4.78, 5) is 39.9. The highest BCUT2D eigenvalue weighted by atomic mass is 16.7. The number of hydrogen-bond donors (Lipinski definition) is 0. The number of hydroxylamine groups is 2. The van der Waals surface area contributed by atoms with Crippen molar-refractivity contribution in [3.05, 3.63) is 35.4 Å². The molecule has 0 unspecified atom stereocenters. The third kappa shape index (κ3) is 2.63. The standard InChI is InChI=1S/C13H13NO5/c1-2-7-18-8-11(15)19-14-12(16)9-5-3-4-6-10(9)13(14)17/h3-6H,2,7-8H2,1H3. The average molecular weight is 263 g/mol. The lowest BCUT2D eigenvalue weighted by Gasteiger charge is -2.12. The van der Waals surface area contributed by atoms with Crippen LogP contribution in [0.3, 0.4) is 0 Å². The van der Waals surface area contributed by atoms with E-state index >= 15 is 0 Å². The maximum Gasteiger partial charge on any atom is 0.358 e. The van der Waals surface area contributed by atoms with Gasteiger partial charge in [0.15, 0.2) is 0 Å². The molecular formula is C13H13NO5. The second-order valence-electron chi connectivity index (χ2n) is 3.97. The van der Waals surface area contributed by atoms with Crippen molar-refractivity contribution in [1.29, 1.82) is 0 Å². The lowest BCUT2D eigenvalue weighted by atomic mass is 10.1. The molecule has 0 fully saturated rings. The molecule has 2 amide bonds. The quantitative estimate of drug-likeness (QED) is 0.589. The van der Waals surface area contributed by atoms with E-state index in [0.29, 0.717) is 11.7 Å². The van der Waals surface area contributed by atoms with Gasteiger partial charge in [-0.2, -0.15) is 0 Å². The van der Waals surface area contributed by atoms with Crippen LogP contribution in [0.1, 0.15) is 34.1 Å². The molecule has 1 aromatic rings. The van der Waals surface area contributed by atoms with Crippen LogP contribution in [0.2, 0.25) is 0 Å². The molecular weight excluding hydrogens is 250 g/mol. The Labute approximate surface area is 109 Å². The van der Waals surface area contributed by atoms with Crippen molar-refractivity contribution < 1.29 is 24.0 Å². The number of nitrogens with zero attached hydrogens (tertiary/aromatic N) is 1. The summed E-state index contributed by atoms with van der Waals surface area (Å²) >= 11 is 0. The molecule has 1 aliphatic rings. The molecule has 0 bridgehead atoms. The Bertz CT molecular complexity index is 491. The van der Waals surface area contributed by atoms with Crippen molar-refractivity contribution in [2.45, 2.75) is 13.3 Å². The van der Waals surface area contributed by atoms with Gasteiger partial charge in [-0.3, -0.25) is 9.59 Å². The van der Waals surface area contributed by atoms with Crippen molar-refractivity contribution in [2.24, 2.45) is 0 Å². The van der Waals surface area contributed by atoms with Crippen molar-refractivity contribution >= 4 is 17.8 Å². The topological polar surface area (TPSA) is 72.9 Å². The summed E-state index contributed by atoms with van der Waals surface area (Å²) in [6, 6.07) is 6.30. The maximum absolute atomic E-state index is 11.9.